The number of ether oxygens (including phenoxy) is 1. The van der Waals surface area contributed by atoms with E-state index in [1.807, 2.05) is 6.07 Å². The number of carbonyl (C=O) groups is 1. The van der Waals surface area contributed by atoms with Crippen LogP contribution in [0.2, 0.25) is 0 Å². The average Bonchev–Trinajstić information content (AvgIpc) is 2.61. The number of carbonyl (C=O) groups excluding carboxylic acids is 1. The first kappa shape index (κ1) is 18.6. The second-order valence-corrected chi connectivity index (χ2v) is 7.55. The van der Waals surface area contributed by atoms with Crippen LogP contribution >= 0.6 is 0 Å². The summed E-state index contributed by atoms with van der Waals surface area (Å²) in [6.45, 7) is 0.165. The van der Waals surface area contributed by atoms with Gasteiger partial charge in [0.25, 0.3) is 0 Å². The van der Waals surface area contributed by atoms with Crippen LogP contribution in [0.25, 0.3) is 0 Å². The lowest BCUT2D eigenvalue weighted by molar-refractivity contribution is 0.0600. The van der Waals surface area contributed by atoms with E-state index >= 15 is 0 Å². The largest absolute Gasteiger partial charge is 0.465 e. The minimum atomic E-state index is -3.58. The summed E-state index contributed by atoms with van der Waals surface area (Å²) in [6.07, 6.45) is 0. The lowest BCUT2D eigenvalue weighted by Gasteiger charge is -2.18. The third kappa shape index (κ3) is 4.66. The van der Waals surface area contributed by atoms with Gasteiger partial charge >= 0.3 is 5.97 Å². The molecule has 0 aliphatic heterocycles. The highest BCUT2D eigenvalue weighted by molar-refractivity contribution is 7.88. The molecule has 2 aromatic carbocycles. The number of esters is 1. The Morgan fingerprint density at radius 3 is 2.40 bits per heavy atom. The molecule has 0 bridgehead atoms. The summed E-state index contributed by atoms with van der Waals surface area (Å²) in [5.41, 5.74) is 1.96. The zero-order chi connectivity index (χ0) is 18.4. The maximum absolute atomic E-state index is 12.5. The highest BCUT2D eigenvalue weighted by atomic mass is 32.2. The third-order valence-electron chi connectivity index (χ3n) is 3.73. The minimum absolute atomic E-state index is 0.165. The van der Waals surface area contributed by atoms with Gasteiger partial charge in [-0.25, -0.2) is 17.5 Å². The predicted octanol–water partition coefficient (Wildman–Crippen LogP) is 2.31. The van der Waals surface area contributed by atoms with Gasteiger partial charge in [-0.15, -0.1) is 0 Å². The lowest BCUT2D eigenvalue weighted by Crippen LogP contribution is -2.28. The van der Waals surface area contributed by atoms with E-state index in [9.17, 15) is 13.2 Å². The van der Waals surface area contributed by atoms with Crippen molar-refractivity contribution in [3.8, 4) is 6.07 Å². The molecule has 2 aromatic rings. The van der Waals surface area contributed by atoms with Gasteiger partial charge in [0.15, 0.2) is 0 Å². The molecule has 0 saturated heterocycles. The van der Waals surface area contributed by atoms with Crippen molar-refractivity contribution in [1.82, 2.24) is 4.31 Å². The van der Waals surface area contributed by atoms with Gasteiger partial charge in [0.05, 0.1) is 30.1 Å². The number of benzene rings is 2. The molecule has 6 nitrogen and oxygen atoms in total. The summed E-state index contributed by atoms with van der Waals surface area (Å²) in [7, 11) is -0.799. The summed E-state index contributed by atoms with van der Waals surface area (Å²) in [5.74, 6) is -0.686. The van der Waals surface area contributed by atoms with Crippen LogP contribution in [-0.4, -0.2) is 32.8 Å². The third-order valence-corrected chi connectivity index (χ3v) is 5.49. The Balaban J connectivity index is 2.12. The van der Waals surface area contributed by atoms with Gasteiger partial charge < -0.3 is 4.74 Å². The van der Waals surface area contributed by atoms with Crippen molar-refractivity contribution >= 4 is 16.0 Å². The Morgan fingerprint density at radius 2 is 1.80 bits per heavy atom. The first-order valence-corrected chi connectivity index (χ1v) is 9.07. The Labute approximate surface area is 147 Å². The van der Waals surface area contributed by atoms with Crippen LogP contribution in [-0.2, 0) is 27.1 Å². The Morgan fingerprint density at radius 1 is 1.16 bits per heavy atom. The van der Waals surface area contributed by atoms with Gasteiger partial charge in [-0.05, 0) is 29.3 Å². The van der Waals surface area contributed by atoms with E-state index in [1.54, 1.807) is 48.5 Å². The van der Waals surface area contributed by atoms with E-state index in [0.29, 0.717) is 16.7 Å². The van der Waals surface area contributed by atoms with Gasteiger partial charge in [-0.2, -0.15) is 5.26 Å². The van der Waals surface area contributed by atoms with Crippen molar-refractivity contribution < 1.29 is 17.9 Å². The molecule has 0 heterocycles. The highest BCUT2D eigenvalue weighted by Crippen LogP contribution is 2.16. The summed E-state index contributed by atoms with van der Waals surface area (Å²) in [5, 5.41) is 9.08. The molecule has 0 spiro atoms. The van der Waals surface area contributed by atoms with E-state index < -0.39 is 16.0 Å². The first-order chi connectivity index (χ1) is 11.9. The second-order valence-electron chi connectivity index (χ2n) is 5.47. The molecule has 0 aliphatic rings. The zero-order valence-corrected chi connectivity index (χ0v) is 14.8. The summed E-state index contributed by atoms with van der Waals surface area (Å²) < 4.78 is 30.9. The van der Waals surface area contributed by atoms with Crippen LogP contribution in [0, 0.1) is 11.3 Å². The standard InChI is InChI=1S/C18H18N2O4S/c1-20(12-14-7-9-15(10-8-14)18(21)24-2)25(22,23)13-17-6-4-3-5-16(17)11-19/h3-10H,12-13H2,1-2H3. The van der Waals surface area contributed by atoms with Crippen molar-refractivity contribution in [1.29, 1.82) is 5.26 Å². The molecule has 0 radical (unpaired) electrons. The van der Waals surface area contributed by atoms with E-state index in [2.05, 4.69) is 4.74 Å². The topological polar surface area (TPSA) is 87.5 Å². The molecule has 0 saturated carbocycles. The second kappa shape index (κ2) is 7.92. The number of hydrogen-bond acceptors (Lipinski definition) is 5. The Hall–Kier alpha value is -2.69. The zero-order valence-electron chi connectivity index (χ0n) is 14.0. The van der Waals surface area contributed by atoms with Crippen LogP contribution in [0.15, 0.2) is 48.5 Å². The van der Waals surface area contributed by atoms with Crippen molar-refractivity contribution in [2.75, 3.05) is 14.2 Å². The summed E-state index contributed by atoms with van der Waals surface area (Å²) in [4.78, 5) is 11.4. The summed E-state index contributed by atoms with van der Waals surface area (Å²) >= 11 is 0. The molecular formula is C18H18N2O4S. The Bertz CT molecular complexity index is 899. The number of sulfonamides is 1. The molecule has 0 unspecified atom stereocenters. The molecular weight excluding hydrogens is 340 g/mol. The van der Waals surface area contributed by atoms with Crippen LogP contribution in [0.1, 0.15) is 27.0 Å². The summed E-state index contributed by atoms with van der Waals surface area (Å²) in [6, 6.07) is 15.2. The molecule has 0 aliphatic carbocycles. The fraction of sp³-hybridized carbons (Fsp3) is 0.222. The van der Waals surface area contributed by atoms with Gasteiger partial charge in [-0.3, -0.25) is 0 Å². The smallest absolute Gasteiger partial charge is 0.337 e. The van der Waals surface area contributed by atoms with Crippen molar-refractivity contribution in [3.05, 3.63) is 70.8 Å². The van der Waals surface area contributed by atoms with Crippen molar-refractivity contribution in [2.45, 2.75) is 12.3 Å². The van der Waals surface area contributed by atoms with Crippen LogP contribution < -0.4 is 0 Å². The molecule has 0 aromatic heterocycles. The van der Waals surface area contributed by atoms with E-state index in [1.165, 1.54) is 18.5 Å². The Kier molecular flexibility index (Phi) is 5.91. The molecule has 130 valence electrons. The van der Waals surface area contributed by atoms with E-state index in [4.69, 9.17) is 5.26 Å². The lowest BCUT2D eigenvalue weighted by atomic mass is 10.1. The van der Waals surface area contributed by atoms with Crippen LogP contribution in [0.4, 0.5) is 0 Å². The van der Waals surface area contributed by atoms with Crippen molar-refractivity contribution in [2.24, 2.45) is 0 Å². The van der Waals surface area contributed by atoms with E-state index in [-0.39, 0.29) is 12.3 Å². The average molecular weight is 358 g/mol. The fourth-order valence-electron chi connectivity index (χ4n) is 2.28. The van der Waals surface area contributed by atoms with Gasteiger partial charge in [-0.1, -0.05) is 30.3 Å². The maximum Gasteiger partial charge on any atom is 0.337 e. The van der Waals surface area contributed by atoms with Crippen LogP contribution in [0.5, 0.6) is 0 Å². The molecule has 0 fully saturated rings. The maximum atomic E-state index is 12.5. The van der Waals surface area contributed by atoms with Gasteiger partial charge in [0, 0.05) is 13.6 Å². The minimum Gasteiger partial charge on any atom is -0.465 e. The quantitative estimate of drug-likeness (QED) is 0.740. The highest BCUT2D eigenvalue weighted by Gasteiger charge is 2.20. The number of rotatable bonds is 6. The van der Waals surface area contributed by atoms with Gasteiger partial charge in [0.2, 0.25) is 10.0 Å². The SMILES string of the molecule is COC(=O)c1ccc(CN(C)S(=O)(=O)Cc2ccccc2C#N)cc1. The molecule has 2 rings (SSSR count). The number of nitriles is 1. The molecule has 7 heteroatoms. The molecule has 0 atom stereocenters. The number of methoxy groups -OCH3 is 1. The molecule has 0 N–H and O–H groups in total. The number of nitrogens with zero attached hydrogens (tertiary/aromatic N) is 2. The normalized spacial score (nSPS) is 11.1. The van der Waals surface area contributed by atoms with Crippen molar-refractivity contribution in [3.63, 3.8) is 0 Å². The number of hydrogen-bond donors (Lipinski definition) is 0. The molecule has 25 heavy (non-hydrogen) atoms. The van der Waals surface area contributed by atoms with Gasteiger partial charge in [0.1, 0.15) is 0 Å². The first-order valence-electron chi connectivity index (χ1n) is 7.46. The van der Waals surface area contributed by atoms with Crippen LogP contribution in [0.3, 0.4) is 0 Å². The monoisotopic (exact) mass is 358 g/mol. The van der Waals surface area contributed by atoms with E-state index in [0.717, 1.165) is 5.56 Å². The molecule has 0 amide bonds. The predicted molar refractivity (Wildman–Crippen MR) is 93.0 cm³/mol. The fourth-order valence-corrected chi connectivity index (χ4v) is 3.49.